The van der Waals surface area contributed by atoms with Gasteiger partial charge in [0, 0.05) is 11.1 Å². The molecule has 0 aromatic heterocycles. The molecule has 0 spiro atoms. The first-order valence-electron chi connectivity index (χ1n) is 18.9. The van der Waals surface area contributed by atoms with E-state index in [0.717, 1.165) is 44.7 Å². The van der Waals surface area contributed by atoms with Gasteiger partial charge >= 0.3 is 0 Å². The quantitative estimate of drug-likeness (QED) is 0.154. The van der Waals surface area contributed by atoms with Crippen molar-refractivity contribution in [1.82, 2.24) is 0 Å². The summed E-state index contributed by atoms with van der Waals surface area (Å²) in [6.07, 6.45) is 4.34. The van der Waals surface area contributed by atoms with Crippen LogP contribution in [0.1, 0.15) is 22.7 Å². The maximum Gasteiger partial charge on any atom is 0.156 e. The minimum atomic E-state index is -0.237. The van der Waals surface area contributed by atoms with E-state index < -0.39 is 0 Å². The molecule has 0 fully saturated rings. The lowest BCUT2D eigenvalue weighted by atomic mass is 9.91. The Morgan fingerprint density at radius 2 is 0.764 bits per heavy atom. The van der Waals surface area contributed by atoms with Crippen LogP contribution in [0.5, 0.6) is 0 Å². The SMILES string of the molecule is C1=CC(c2cccc(-c3ccc4c5ccccc5c5ccccc5c4c3)c2)N=C(c2cccc(-c3ccccc3)c2)N=C1c1cccc(-c2ccccc2)c1. The largest absolute Gasteiger partial charge is 0.254 e. The third-order valence-electron chi connectivity index (χ3n) is 10.7. The number of hydrogen-bond donors (Lipinski definition) is 0. The summed E-state index contributed by atoms with van der Waals surface area (Å²) in [5.41, 5.74) is 11.0. The Kier molecular flexibility index (Phi) is 8.27. The Labute approximate surface area is 321 Å². The Hall–Kier alpha value is -7.16. The van der Waals surface area contributed by atoms with E-state index in [0.29, 0.717) is 5.84 Å². The van der Waals surface area contributed by atoms with Crippen molar-refractivity contribution in [2.45, 2.75) is 6.04 Å². The van der Waals surface area contributed by atoms with Gasteiger partial charge in [-0.3, -0.25) is 4.99 Å². The van der Waals surface area contributed by atoms with Gasteiger partial charge in [-0.05, 0) is 102 Å². The predicted molar refractivity (Wildman–Crippen MR) is 233 cm³/mol. The standard InChI is InChI=1S/C53H36N2/c1-3-14-36(15-4-1)38-18-11-21-42(32-38)51-30-31-52(55-53(54-51)44-23-13-19-39(34-44)37-16-5-2-6-17-37)43-22-12-20-40(33-43)41-28-29-49-47-26-8-7-24-45(47)46-25-9-10-27-48(46)50(49)35-41/h1-35,52H. The number of hydrogen-bond acceptors (Lipinski definition) is 2. The summed E-state index contributed by atoms with van der Waals surface area (Å²) < 4.78 is 0. The molecule has 1 aliphatic heterocycles. The number of aliphatic imine (C=N–C) groups is 2. The fraction of sp³-hybridized carbons (Fsp3) is 0.0189. The number of rotatable bonds is 6. The van der Waals surface area contributed by atoms with Crippen LogP contribution in [0.4, 0.5) is 0 Å². The molecule has 258 valence electrons. The smallest absolute Gasteiger partial charge is 0.156 e. The highest BCUT2D eigenvalue weighted by atomic mass is 15.0. The van der Waals surface area contributed by atoms with E-state index >= 15 is 0 Å². The van der Waals surface area contributed by atoms with Crippen LogP contribution >= 0.6 is 0 Å². The van der Waals surface area contributed by atoms with E-state index in [1.807, 2.05) is 0 Å². The predicted octanol–water partition coefficient (Wildman–Crippen LogP) is 13.7. The molecule has 0 amide bonds. The van der Waals surface area contributed by atoms with Gasteiger partial charge in [0.2, 0.25) is 0 Å². The van der Waals surface area contributed by atoms with Gasteiger partial charge in [-0.15, -0.1) is 0 Å². The highest BCUT2D eigenvalue weighted by molar-refractivity contribution is 6.25. The molecule has 0 bridgehead atoms. The average molecular weight is 701 g/mol. The number of benzene rings is 9. The second-order valence-corrected chi connectivity index (χ2v) is 14.1. The summed E-state index contributed by atoms with van der Waals surface area (Å²) in [7, 11) is 0. The molecule has 0 radical (unpaired) electrons. The van der Waals surface area contributed by atoms with Crippen LogP contribution in [-0.2, 0) is 0 Å². The van der Waals surface area contributed by atoms with E-state index in [-0.39, 0.29) is 6.04 Å². The minimum Gasteiger partial charge on any atom is -0.254 e. The fourth-order valence-electron chi connectivity index (χ4n) is 7.97. The van der Waals surface area contributed by atoms with Gasteiger partial charge in [0.25, 0.3) is 0 Å². The Morgan fingerprint density at radius 1 is 0.309 bits per heavy atom. The third kappa shape index (κ3) is 6.24. The van der Waals surface area contributed by atoms with Crippen LogP contribution in [0.25, 0.3) is 65.7 Å². The fourth-order valence-corrected chi connectivity index (χ4v) is 7.97. The van der Waals surface area contributed by atoms with Crippen molar-refractivity contribution < 1.29 is 0 Å². The summed E-state index contributed by atoms with van der Waals surface area (Å²) in [6.45, 7) is 0. The summed E-state index contributed by atoms with van der Waals surface area (Å²) in [5, 5.41) is 7.66. The van der Waals surface area contributed by atoms with Crippen molar-refractivity contribution in [2.24, 2.45) is 9.98 Å². The first kappa shape index (κ1) is 32.5. The van der Waals surface area contributed by atoms with Crippen LogP contribution in [-0.4, -0.2) is 11.5 Å². The van der Waals surface area contributed by atoms with Crippen LogP contribution in [0.2, 0.25) is 0 Å². The summed E-state index contributed by atoms with van der Waals surface area (Å²) in [4.78, 5) is 10.7. The molecule has 1 unspecified atom stereocenters. The van der Waals surface area contributed by atoms with Gasteiger partial charge in [-0.2, -0.15) is 0 Å². The van der Waals surface area contributed by atoms with Crippen molar-refractivity contribution in [1.29, 1.82) is 0 Å². The zero-order valence-corrected chi connectivity index (χ0v) is 30.2. The zero-order valence-electron chi connectivity index (χ0n) is 30.2. The molecule has 2 nitrogen and oxygen atoms in total. The van der Waals surface area contributed by atoms with Crippen molar-refractivity contribution >= 4 is 43.9 Å². The Bertz CT molecular complexity index is 2940. The molecule has 9 aromatic carbocycles. The number of fused-ring (bicyclic) bond motifs is 6. The van der Waals surface area contributed by atoms with Crippen LogP contribution in [0, 0.1) is 0 Å². The molecule has 0 aliphatic carbocycles. The molecular formula is C53H36N2. The lowest BCUT2D eigenvalue weighted by Gasteiger charge is -2.14. The third-order valence-corrected chi connectivity index (χ3v) is 10.7. The maximum atomic E-state index is 5.41. The summed E-state index contributed by atoms with van der Waals surface area (Å²) >= 11 is 0. The molecule has 1 atom stereocenters. The lowest BCUT2D eigenvalue weighted by Crippen LogP contribution is -2.04. The molecular weight excluding hydrogens is 665 g/mol. The van der Waals surface area contributed by atoms with Crippen molar-refractivity contribution in [3.8, 4) is 33.4 Å². The average Bonchev–Trinajstić information content (AvgIpc) is 3.51. The number of amidine groups is 1. The van der Waals surface area contributed by atoms with Gasteiger partial charge in [0.05, 0.1) is 11.8 Å². The van der Waals surface area contributed by atoms with Crippen molar-refractivity contribution in [3.05, 3.63) is 229 Å². The molecule has 10 rings (SSSR count). The molecule has 0 saturated carbocycles. The molecule has 55 heavy (non-hydrogen) atoms. The molecule has 1 aliphatic rings. The summed E-state index contributed by atoms with van der Waals surface area (Å²) in [6, 6.07) is 71.2. The molecule has 1 heterocycles. The Balaban J connectivity index is 1.08. The topological polar surface area (TPSA) is 24.7 Å². The Morgan fingerprint density at radius 3 is 1.40 bits per heavy atom. The van der Waals surface area contributed by atoms with E-state index in [2.05, 4.69) is 212 Å². The second-order valence-electron chi connectivity index (χ2n) is 14.1. The van der Waals surface area contributed by atoms with Gasteiger partial charge < -0.3 is 0 Å². The van der Waals surface area contributed by atoms with Gasteiger partial charge in [-0.1, -0.05) is 182 Å². The first-order chi connectivity index (χ1) is 27.2. The van der Waals surface area contributed by atoms with E-state index in [1.165, 1.54) is 43.4 Å². The normalized spacial score (nSPS) is 14.1. The summed E-state index contributed by atoms with van der Waals surface area (Å²) in [5.74, 6) is 0.711. The molecule has 0 saturated heterocycles. The molecule has 9 aromatic rings. The molecule has 0 N–H and O–H groups in total. The molecule has 2 heteroatoms. The van der Waals surface area contributed by atoms with E-state index in [4.69, 9.17) is 9.98 Å². The second kappa shape index (κ2) is 14.0. The van der Waals surface area contributed by atoms with Crippen LogP contribution < -0.4 is 0 Å². The van der Waals surface area contributed by atoms with Gasteiger partial charge in [-0.25, -0.2) is 4.99 Å². The highest BCUT2D eigenvalue weighted by Crippen LogP contribution is 2.38. The maximum absolute atomic E-state index is 5.41. The van der Waals surface area contributed by atoms with E-state index in [1.54, 1.807) is 0 Å². The van der Waals surface area contributed by atoms with Gasteiger partial charge in [0.1, 0.15) is 0 Å². The highest BCUT2D eigenvalue weighted by Gasteiger charge is 2.18. The first-order valence-corrected chi connectivity index (χ1v) is 18.9. The zero-order chi connectivity index (χ0) is 36.6. The van der Waals surface area contributed by atoms with Crippen molar-refractivity contribution in [3.63, 3.8) is 0 Å². The van der Waals surface area contributed by atoms with E-state index in [9.17, 15) is 0 Å². The monoisotopic (exact) mass is 700 g/mol. The van der Waals surface area contributed by atoms with Crippen molar-refractivity contribution in [2.75, 3.05) is 0 Å². The number of nitrogens with zero attached hydrogens (tertiary/aromatic N) is 2. The van der Waals surface area contributed by atoms with Gasteiger partial charge in [0.15, 0.2) is 5.84 Å². The lowest BCUT2D eigenvalue weighted by molar-refractivity contribution is 0.914. The number of allylic oxidation sites excluding steroid dienone is 1. The minimum absolute atomic E-state index is 0.237. The van der Waals surface area contributed by atoms with Crippen LogP contribution in [0.3, 0.4) is 0 Å². The van der Waals surface area contributed by atoms with Crippen LogP contribution in [0.15, 0.2) is 222 Å².